The Bertz CT molecular complexity index is 835. The van der Waals surface area contributed by atoms with Crippen LogP contribution in [-0.2, 0) is 0 Å². The molecule has 1 aliphatic rings. The number of carbonyl (C=O) groups is 2. The van der Waals surface area contributed by atoms with Crippen LogP contribution in [-0.4, -0.2) is 54.9 Å². The lowest BCUT2D eigenvalue weighted by molar-refractivity contribution is 0.0533. The van der Waals surface area contributed by atoms with Gasteiger partial charge in [-0.05, 0) is 36.4 Å². The monoisotopic (exact) mass is 376 g/mol. The topological polar surface area (TPSA) is 49.9 Å². The van der Waals surface area contributed by atoms with Crippen molar-refractivity contribution >= 4 is 23.4 Å². The summed E-state index contributed by atoms with van der Waals surface area (Å²) in [7, 11) is 1.44. The zero-order valence-corrected chi connectivity index (χ0v) is 15.0. The molecule has 0 aromatic heterocycles. The molecule has 1 fully saturated rings. The van der Waals surface area contributed by atoms with E-state index in [2.05, 4.69) is 0 Å². The van der Waals surface area contributed by atoms with Crippen molar-refractivity contribution in [1.82, 2.24) is 9.80 Å². The number of hydrogen-bond acceptors (Lipinski definition) is 3. The lowest BCUT2D eigenvalue weighted by Crippen LogP contribution is -2.50. The van der Waals surface area contributed by atoms with Crippen LogP contribution < -0.4 is 4.74 Å². The van der Waals surface area contributed by atoms with E-state index in [1.54, 1.807) is 34.1 Å². The number of carbonyl (C=O) groups excluding carboxylic acids is 2. The second-order valence-corrected chi connectivity index (χ2v) is 6.38. The van der Waals surface area contributed by atoms with Crippen molar-refractivity contribution in [1.29, 1.82) is 0 Å². The Hall–Kier alpha value is -2.60. The Morgan fingerprint density at radius 3 is 2.27 bits per heavy atom. The number of benzene rings is 2. The number of halogens is 2. The van der Waals surface area contributed by atoms with Crippen LogP contribution >= 0.6 is 11.6 Å². The predicted octanol–water partition coefficient (Wildman–Crippen LogP) is 3.09. The summed E-state index contributed by atoms with van der Waals surface area (Å²) in [6.07, 6.45) is 0. The van der Waals surface area contributed by atoms with E-state index < -0.39 is 5.82 Å². The van der Waals surface area contributed by atoms with E-state index in [-0.39, 0.29) is 17.4 Å². The third kappa shape index (κ3) is 3.80. The largest absolute Gasteiger partial charge is 0.496 e. The predicted molar refractivity (Wildman–Crippen MR) is 96.2 cm³/mol. The van der Waals surface area contributed by atoms with Crippen molar-refractivity contribution in [2.75, 3.05) is 33.3 Å². The number of ether oxygens (including phenoxy) is 1. The van der Waals surface area contributed by atoms with Gasteiger partial charge in [0.2, 0.25) is 0 Å². The van der Waals surface area contributed by atoms with Crippen LogP contribution in [0.4, 0.5) is 4.39 Å². The van der Waals surface area contributed by atoms with E-state index in [0.29, 0.717) is 42.5 Å². The molecule has 2 amide bonds. The van der Waals surface area contributed by atoms with Crippen molar-refractivity contribution in [2.45, 2.75) is 0 Å². The van der Waals surface area contributed by atoms with Gasteiger partial charge in [-0.2, -0.15) is 0 Å². The minimum absolute atomic E-state index is 0.122. The first-order chi connectivity index (χ1) is 12.5. The Morgan fingerprint density at radius 2 is 1.65 bits per heavy atom. The Labute approximate surface area is 155 Å². The summed E-state index contributed by atoms with van der Waals surface area (Å²) in [5, 5.41) is 0.503. The molecule has 5 nitrogen and oxygen atoms in total. The van der Waals surface area contributed by atoms with Gasteiger partial charge in [0, 0.05) is 36.8 Å². The van der Waals surface area contributed by atoms with E-state index >= 15 is 0 Å². The molecule has 2 aromatic carbocycles. The summed E-state index contributed by atoms with van der Waals surface area (Å²) in [4.78, 5) is 28.5. The highest BCUT2D eigenvalue weighted by atomic mass is 35.5. The first-order valence-corrected chi connectivity index (χ1v) is 8.55. The van der Waals surface area contributed by atoms with E-state index in [1.807, 2.05) is 0 Å². The molecule has 0 bridgehead atoms. The molecule has 1 saturated heterocycles. The summed E-state index contributed by atoms with van der Waals surface area (Å²) >= 11 is 5.94. The highest BCUT2D eigenvalue weighted by Crippen LogP contribution is 2.22. The Morgan fingerprint density at radius 1 is 1.00 bits per heavy atom. The third-order valence-corrected chi connectivity index (χ3v) is 4.55. The maximum absolute atomic E-state index is 13.5. The van der Waals surface area contributed by atoms with Crippen LogP contribution in [0.25, 0.3) is 0 Å². The van der Waals surface area contributed by atoms with E-state index in [1.165, 1.54) is 25.3 Å². The van der Waals surface area contributed by atoms with Crippen molar-refractivity contribution in [3.8, 4) is 5.75 Å². The lowest BCUT2D eigenvalue weighted by Gasteiger charge is -2.35. The second-order valence-electron chi connectivity index (χ2n) is 5.94. The molecule has 0 aliphatic carbocycles. The number of amides is 2. The fourth-order valence-electron chi connectivity index (χ4n) is 2.93. The highest BCUT2D eigenvalue weighted by Gasteiger charge is 2.27. The summed E-state index contributed by atoms with van der Waals surface area (Å²) < 4.78 is 18.7. The fraction of sp³-hybridized carbons (Fsp3) is 0.263. The zero-order chi connectivity index (χ0) is 18.7. The van der Waals surface area contributed by atoms with Gasteiger partial charge in [-0.25, -0.2) is 4.39 Å². The van der Waals surface area contributed by atoms with Gasteiger partial charge in [-0.1, -0.05) is 17.7 Å². The number of nitrogens with zero attached hydrogens (tertiary/aromatic N) is 2. The van der Waals surface area contributed by atoms with Gasteiger partial charge in [0.15, 0.2) is 0 Å². The molecule has 7 heteroatoms. The van der Waals surface area contributed by atoms with Crippen molar-refractivity contribution in [3.63, 3.8) is 0 Å². The standard InChI is InChI=1S/C19H18ClFN2O3/c1-26-17-6-5-15(21)12-16(17)19(25)23-9-7-22(8-10-23)18(24)13-3-2-4-14(20)11-13/h2-6,11-12H,7-10H2,1H3. The van der Waals surface area contributed by atoms with Crippen LogP contribution in [0.5, 0.6) is 5.75 Å². The minimum Gasteiger partial charge on any atom is -0.496 e. The number of methoxy groups -OCH3 is 1. The molecule has 136 valence electrons. The molecule has 0 unspecified atom stereocenters. The average Bonchev–Trinajstić information content (AvgIpc) is 2.67. The Balaban J connectivity index is 1.68. The maximum atomic E-state index is 13.5. The minimum atomic E-state index is -0.496. The van der Waals surface area contributed by atoms with Gasteiger partial charge < -0.3 is 14.5 Å². The molecule has 0 radical (unpaired) electrons. The maximum Gasteiger partial charge on any atom is 0.257 e. The van der Waals surface area contributed by atoms with Crippen LogP contribution in [0.15, 0.2) is 42.5 Å². The van der Waals surface area contributed by atoms with E-state index in [9.17, 15) is 14.0 Å². The molecule has 3 rings (SSSR count). The van der Waals surface area contributed by atoms with Crippen LogP contribution in [0.2, 0.25) is 5.02 Å². The van der Waals surface area contributed by atoms with Crippen molar-refractivity contribution in [3.05, 3.63) is 64.4 Å². The number of rotatable bonds is 3. The summed E-state index contributed by atoms with van der Waals surface area (Å²) in [6.45, 7) is 1.53. The van der Waals surface area contributed by atoms with Gasteiger partial charge in [0.05, 0.1) is 12.7 Å². The molecule has 0 N–H and O–H groups in total. The molecule has 1 heterocycles. The van der Waals surface area contributed by atoms with Gasteiger partial charge in [0.1, 0.15) is 11.6 Å². The lowest BCUT2D eigenvalue weighted by atomic mass is 10.1. The van der Waals surface area contributed by atoms with Gasteiger partial charge in [-0.15, -0.1) is 0 Å². The fourth-order valence-corrected chi connectivity index (χ4v) is 3.12. The quantitative estimate of drug-likeness (QED) is 0.827. The molecule has 0 atom stereocenters. The van der Waals surface area contributed by atoms with Crippen molar-refractivity contribution < 1.29 is 18.7 Å². The van der Waals surface area contributed by atoms with Gasteiger partial charge >= 0.3 is 0 Å². The molecule has 0 spiro atoms. The van der Waals surface area contributed by atoms with E-state index in [0.717, 1.165) is 0 Å². The first-order valence-electron chi connectivity index (χ1n) is 8.17. The Kier molecular flexibility index (Phi) is 5.42. The highest BCUT2D eigenvalue weighted by molar-refractivity contribution is 6.30. The van der Waals surface area contributed by atoms with Gasteiger partial charge in [0.25, 0.3) is 11.8 Å². The zero-order valence-electron chi connectivity index (χ0n) is 14.2. The summed E-state index contributed by atoms with van der Waals surface area (Å²) in [5.74, 6) is -0.600. The van der Waals surface area contributed by atoms with Crippen LogP contribution in [0, 0.1) is 5.82 Å². The van der Waals surface area contributed by atoms with E-state index in [4.69, 9.17) is 16.3 Å². The number of hydrogen-bond donors (Lipinski definition) is 0. The summed E-state index contributed by atoms with van der Waals surface area (Å²) in [5.41, 5.74) is 0.700. The molecule has 26 heavy (non-hydrogen) atoms. The molecule has 2 aromatic rings. The summed E-state index contributed by atoms with van der Waals surface area (Å²) in [6, 6.07) is 10.6. The normalized spacial score (nSPS) is 14.3. The van der Waals surface area contributed by atoms with Crippen LogP contribution in [0.3, 0.4) is 0 Å². The smallest absolute Gasteiger partial charge is 0.257 e. The molecule has 0 saturated carbocycles. The third-order valence-electron chi connectivity index (χ3n) is 4.32. The average molecular weight is 377 g/mol. The number of piperazine rings is 1. The first kappa shape index (κ1) is 18.2. The molecular formula is C19H18ClFN2O3. The van der Waals surface area contributed by atoms with Crippen molar-refractivity contribution in [2.24, 2.45) is 0 Å². The molecular weight excluding hydrogens is 359 g/mol. The SMILES string of the molecule is COc1ccc(F)cc1C(=O)N1CCN(C(=O)c2cccc(Cl)c2)CC1. The van der Waals surface area contributed by atoms with Crippen LogP contribution in [0.1, 0.15) is 20.7 Å². The van der Waals surface area contributed by atoms with Gasteiger partial charge in [-0.3, -0.25) is 9.59 Å². The molecule has 1 aliphatic heterocycles. The second kappa shape index (κ2) is 7.74.